The van der Waals surface area contributed by atoms with Crippen molar-refractivity contribution in [1.29, 1.82) is 0 Å². The van der Waals surface area contributed by atoms with Gasteiger partial charge < -0.3 is 14.6 Å². The van der Waals surface area contributed by atoms with Crippen molar-refractivity contribution in [2.24, 2.45) is 0 Å². The molecule has 0 bridgehead atoms. The van der Waals surface area contributed by atoms with Crippen molar-refractivity contribution in [3.05, 3.63) is 66.2 Å². The zero-order valence-corrected chi connectivity index (χ0v) is 15.0. The highest BCUT2D eigenvalue weighted by atomic mass is 16.5. The maximum atomic E-state index is 11.4. The van der Waals surface area contributed by atoms with Gasteiger partial charge in [-0.25, -0.2) is 4.79 Å². The highest BCUT2D eigenvalue weighted by Gasteiger charge is 2.14. The molecule has 3 rings (SSSR count). The number of esters is 1. The summed E-state index contributed by atoms with van der Waals surface area (Å²) < 4.78 is 11.0. The topological polar surface area (TPSA) is 55.8 Å². The molecule has 0 heterocycles. The minimum absolute atomic E-state index is 0.0287. The number of carbonyl (C=O) groups is 1. The molecule has 1 atom stereocenters. The maximum absolute atomic E-state index is 11.4. The van der Waals surface area contributed by atoms with E-state index in [9.17, 15) is 9.90 Å². The van der Waals surface area contributed by atoms with Crippen molar-refractivity contribution in [3.8, 4) is 5.75 Å². The van der Waals surface area contributed by atoms with Crippen LogP contribution in [0.15, 0.2) is 60.7 Å². The predicted octanol–water partition coefficient (Wildman–Crippen LogP) is 4.16. The largest absolute Gasteiger partial charge is 0.489 e. The smallest absolute Gasteiger partial charge is 0.333 e. The predicted molar refractivity (Wildman–Crippen MR) is 103 cm³/mol. The Morgan fingerprint density at radius 3 is 2.62 bits per heavy atom. The second-order valence-electron chi connectivity index (χ2n) is 6.44. The van der Waals surface area contributed by atoms with Crippen LogP contribution in [0, 0.1) is 6.92 Å². The molecule has 0 saturated heterocycles. The lowest BCUT2D eigenvalue weighted by Gasteiger charge is -2.17. The van der Waals surface area contributed by atoms with Crippen molar-refractivity contribution >= 4 is 27.5 Å². The fourth-order valence-electron chi connectivity index (χ4n) is 2.93. The molecular formula is C22H22O4. The summed E-state index contributed by atoms with van der Waals surface area (Å²) in [6.07, 6.45) is -0.920. The zero-order valence-electron chi connectivity index (χ0n) is 15.0. The Kier molecular flexibility index (Phi) is 5.24. The van der Waals surface area contributed by atoms with Crippen molar-refractivity contribution in [1.82, 2.24) is 0 Å². The standard InChI is InChI=1S/C22H22O4/c1-14(2)22(24)26-13-18(23)12-25-21-19-10-5-4-8-16(19)11-17-9-6-7-15(3)20(17)21/h4-11,18,23H,1,12-13H2,2-3H3. The number of rotatable bonds is 6. The number of fused-ring (bicyclic) bond motifs is 2. The molecule has 26 heavy (non-hydrogen) atoms. The van der Waals surface area contributed by atoms with Crippen LogP contribution in [-0.2, 0) is 9.53 Å². The fraction of sp³-hybridized carbons (Fsp3) is 0.227. The lowest BCUT2D eigenvalue weighted by molar-refractivity contribution is -0.142. The second kappa shape index (κ2) is 7.58. The Labute approximate surface area is 152 Å². The Morgan fingerprint density at radius 2 is 1.85 bits per heavy atom. The summed E-state index contributed by atoms with van der Waals surface area (Å²) in [6.45, 7) is 7.02. The highest BCUT2D eigenvalue weighted by molar-refractivity contribution is 6.06. The third-order valence-corrected chi connectivity index (χ3v) is 4.22. The van der Waals surface area contributed by atoms with Gasteiger partial charge in [0.05, 0.1) is 0 Å². The molecule has 0 aliphatic heterocycles. The lowest BCUT2D eigenvalue weighted by atomic mass is 9.99. The molecule has 134 valence electrons. The third kappa shape index (κ3) is 3.70. The van der Waals surface area contributed by atoms with Gasteiger partial charge in [0.25, 0.3) is 0 Å². The Morgan fingerprint density at radius 1 is 1.12 bits per heavy atom. The number of aryl methyl sites for hydroxylation is 1. The molecule has 0 amide bonds. The molecule has 3 aromatic carbocycles. The molecule has 0 radical (unpaired) electrons. The maximum Gasteiger partial charge on any atom is 0.333 e. The van der Waals surface area contributed by atoms with Gasteiger partial charge in [-0.3, -0.25) is 0 Å². The zero-order chi connectivity index (χ0) is 18.7. The van der Waals surface area contributed by atoms with E-state index in [1.807, 2.05) is 49.4 Å². The molecule has 0 saturated carbocycles. The monoisotopic (exact) mass is 350 g/mol. The van der Waals surface area contributed by atoms with E-state index >= 15 is 0 Å². The summed E-state index contributed by atoms with van der Waals surface area (Å²) in [6, 6.07) is 16.2. The molecule has 4 heteroatoms. The minimum Gasteiger partial charge on any atom is -0.489 e. The van der Waals surface area contributed by atoms with Gasteiger partial charge in [0, 0.05) is 16.3 Å². The van der Waals surface area contributed by atoms with Crippen LogP contribution in [0.5, 0.6) is 5.75 Å². The SMILES string of the molecule is C=C(C)C(=O)OCC(O)COc1c2ccccc2cc2cccc(C)c12. The van der Waals surface area contributed by atoms with Gasteiger partial charge in [0.1, 0.15) is 25.1 Å². The first-order valence-electron chi connectivity index (χ1n) is 8.52. The van der Waals surface area contributed by atoms with Crippen molar-refractivity contribution in [3.63, 3.8) is 0 Å². The number of carbonyl (C=O) groups excluding carboxylic acids is 1. The van der Waals surface area contributed by atoms with Gasteiger partial charge in [0.2, 0.25) is 0 Å². The molecule has 0 fully saturated rings. The van der Waals surface area contributed by atoms with Gasteiger partial charge in [-0.05, 0) is 36.2 Å². The lowest BCUT2D eigenvalue weighted by Crippen LogP contribution is -2.25. The van der Waals surface area contributed by atoms with Crippen LogP contribution < -0.4 is 4.74 Å². The van der Waals surface area contributed by atoms with Crippen LogP contribution in [0.25, 0.3) is 21.5 Å². The first-order valence-corrected chi connectivity index (χ1v) is 8.52. The van der Waals surface area contributed by atoms with Crippen LogP contribution in [0.4, 0.5) is 0 Å². The van der Waals surface area contributed by atoms with Gasteiger partial charge in [0.15, 0.2) is 0 Å². The summed E-state index contributed by atoms with van der Waals surface area (Å²) in [7, 11) is 0. The first kappa shape index (κ1) is 18.0. The number of hydrogen-bond donors (Lipinski definition) is 1. The molecule has 0 aliphatic rings. The number of hydrogen-bond acceptors (Lipinski definition) is 4. The quantitative estimate of drug-likeness (QED) is 0.412. The number of aliphatic hydroxyl groups is 1. The van der Waals surface area contributed by atoms with Crippen LogP contribution >= 0.6 is 0 Å². The molecular weight excluding hydrogens is 328 g/mol. The van der Waals surface area contributed by atoms with Gasteiger partial charge in [-0.1, -0.05) is 49.0 Å². The first-order chi connectivity index (χ1) is 12.5. The highest BCUT2D eigenvalue weighted by Crippen LogP contribution is 2.36. The average Bonchev–Trinajstić information content (AvgIpc) is 2.63. The number of benzene rings is 3. The van der Waals surface area contributed by atoms with Crippen LogP contribution in [-0.4, -0.2) is 30.4 Å². The Balaban J connectivity index is 1.88. The van der Waals surface area contributed by atoms with Crippen molar-refractivity contribution < 1.29 is 19.4 Å². The van der Waals surface area contributed by atoms with E-state index in [4.69, 9.17) is 9.47 Å². The summed E-state index contributed by atoms with van der Waals surface area (Å²) in [5.41, 5.74) is 1.40. The normalized spacial score (nSPS) is 12.1. The van der Waals surface area contributed by atoms with E-state index in [1.54, 1.807) is 6.92 Å². The van der Waals surface area contributed by atoms with Crippen LogP contribution in [0.1, 0.15) is 12.5 Å². The van der Waals surface area contributed by atoms with Crippen LogP contribution in [0.2, 0.25) is 0 Å². The van der Waals surface area contributed by atoms with E-state index in [1.165, 1.54) is 0 Å². The molecule has 0 aliphatic carbocycles. The molecule has 1 N–H and O–H groups in total. The molecule has 0 spiro atoms. The van der Waals surface area contributed by atoms with E-state index in [0.717, 1.165) is 32.9 Å². The van der Waals surface area contributed by atoms with Crippen molar-refractivity contribution in [2.45, 2.75) is 20.0 Å². The number of aliphatic hydroxyl groups excluding tert-OH is 1. The number of ether oxygens (including phenoxy) is 2. The van der Waals surface area contributed by atoms with E-state index < -0.39 is 12.1 Å². The minimum atomic E-state index is -0.920. The fourth-order valence-corrected chi connectivity index (χ4v) is 2.93. The van der Waals surface area contributed by atoms with E-state index in [2.05, 4.69) is 12.6 Å². The second-order valence-corrected chi connectivity index (χ2v) is 6.44. The summed E-state index contributed by atoms with van der Waals surface area (Å²) in [5.74, 6) is 0.219. The molecule has 4 nitrogen and oxygen atoms in total. The van der Waals surface area contributed by atoms with Gasteiger partial charge in [-0.2, -0.15) is 0 Å². The summed E-state index contributed by atoms with van der Waals surface area (Å²) in [4.78, 5) is 11.4. The van der Waals surface area contributed by atoms with Crippen molar-refractivity contribution in [2.75, 3.05) is 13.2 Å². The molecule has 1 unspecified atom stereocenters. The van der Waals surface area contributed by atoms with Gasteiger partial charge in [-0.15, -0.1) is 0 Å². The van der Waals surface area contributed by atoms with Crippen LogP contribution in [0.3, 0.4) is 0 Å². The summed E-state index contributed by atoms with van der Waals surface area (Å²) in [5, 5.41) is 14.3. The molecule has 3 aromatic rings. The van der Waals surface area contributed by atoms with Gasteiger partial charge >= 0.3 is 5.97 Å². The average molecular weight is 350 g/mol. The molecule has 0 aromatic heterocycles. The third-order valence-electron chi connectivity index (χ3n) is 4.22. The van der Waals surface area contributed by atoms with E-state index in [0.29, 0.717) is 5.57 Å². The Hall–Kier alpha value is -2.85. The summed E-state index contributed by atoms with van der Waals surface area (Å²) >= 11 is 0. The van der Waals surface area contributed by atoms with E-state index in [-0.39, 0.29) is 13.2 Å². The Bertz CT molecular complexity index is 974.